The minimum absolute atomic E-state index is 0.143. The van der Waals surface area contributed by atoms with Crippen LogP contribution in [0.25, 0.3) is 0 Å². The highest BCUT2D eigenvalue weighted by atomic mass is 19.1. The van der Waals surface area contributed by atoms with Crippen LogP contribution in [-0.2, 0) is 28.5 Å². The third-order valence-electron chi connectivity index (χ3n) is 4.64. The Balaban J connectivity index is 1.86. The van der Waals surface area contributed by atoms with E-state index in [2.05, 4.69) is 4.74 Å². The maximum Gasteiger partial charge on any atom is 0.338 e. The molecule has 5 atom stereocenters. The summed E-state index contributed by atoms with van der Waals surface area (Å²) in [6.07, 6.45) is -7.51. The maximum absolute atomic E-state index is 15.3. The van der Waals surface area contributed by atoms with Gasteiger partial charge in [-0.1, -0.05) is 36.4 Å². The second-order valence-electron chi connectivity index (χ2n) is 6.62. The number of carbonyl (C=O) groups is 3. The average Bonchev–Trinajstić information content (AvgIpc) is 2.81. The van der Waals surface area contributed by atoms with Crippen molar-refractivity contribution in [3.8, 4) is 0 Å². The third kappa shape index (κ3) is 5.44. The van der Waals surface area contributed by atoms with Crippen LogP contribution in [-0.4, -0.2) is 62.9 Å². The van der Waals surface area contributed by atoms with Gasteiger partial charge in [-0.2, -0.15) is 0 Å². The van der Waals surface area contributed by atoms with Crippen LogP contribution in [0.5, 0.6) is 0 Å². The molecule has 0 spiro atoms. The quantitative estimate of drug-likeness (QED) is 0.356. The van der Waals surface area contributed by atoms with E-state index in [1.165, 1.54) is 31.4 Å². The number of hydrogen-bond acceptors (Lipinski definition) is 8. The van der Waals surface area contributed by atoms with E-state index in [1.54, 1.807) is 36.4 Å². The van der Waals surface area contributed by atoms with Gasteiger partial charge in [0.1, 0.15) is 12.7 Å². The van der Waals surface area contributed by atoms with Crippen LogP contribution in [0.15, 0.2) is 60.7 Å². The summed E-state index contributed by atoms with van der Waals surface area (Å²) in [5, 5.41) is 0. The molecule has 1 saturated heterocycles. The van der Waals surface area contributed by atoms with Crippen molar-refractivity contribution in [3.63, 3.8) is 0 Å². The van der Waals surface area contributed by atoms with E-state index in [0.29, 0.717) is 0 Å². The Hall–Kier alpha value is -3.30. The van der Waals surface area contributed by atoms with Crippen molar-refractivity contribution >= 4 is 18.4 Å². The minimum Gasteiger partial charge on any atom is -0.465 e. The fourth-order valence-corrected chi connectivity index (χ4v) is 3.11. The van der Waals surface area contributed by atoms with E-state index in [-0.39, 0.29) is 17.6 Å². The van der Waals surface area contributed by atoms with Crippen LogP contribution in [0.3, 0.4) is 0 Å². The highest BCUT2D eigenvalue weighted by molar-refractivity contribution is 5.90. The SMILES string of the molecule is COC1OC(COC=O)C(F)C(OC(=O)c2ccccc2)C1OC(=O)c1ccccc1. The Morgan fingerprint density at radius 1 is 0.935 bits per heavy atom. The Kier molecular flexibility index (Phi) is 7.69. The second kappa shape index (κ2) is 10.6. The zero-order valence-electron chi connectivity index (χ0n) is 16.6. The number of methoxy groups -OCH3 is 1. The smallest absolute Gasteiger partial charge is 0.338 e. The lowest BCUT2D eigenvalue weighted by Gasteiger charge is -2.41. The van der Waals surface area contributed by atoms with Gasteiger partial charge in [0.25, 0.3) is 6.47 Å². The van der Waals surface area contributed by atoms with Gasteiger partial charge in [0.05, 0.1) is 11.1 Å². The van der Waals surface area contributed by atoms with E-state index >= 15 is 4.39 Å². The summed E-state index contributed by atoms with van der Waals surface area (Å²) in [4.78, 5) is 35.7. The second-order valence-corrected chi connectivity index (χ2v) is 6.62. The molecule has 2 aromatic carbocycles. The molecule has 1 fully saturated rings. The van der Waals surface area contributed by atoms with E-state index in [9.17, 15) is 14.4 Å². The van der Waals surface area contributed by atoms with E-state index in [0.717, 1.165) is 0 Å². The number of benzene rings is 2. The number of ether oxygens (including phenoxy) is 5. The van der Waals surface area contributed by atoms with Crippen molar-refractivity contribution in [2.45, 2.75) is 30.8 Å². The summed E-state index contributed by atoms with van der Waals surface area (Å²) in [5.74, 6) is -1.59. The van der Waals surface area contributed by atoms with Crippen LogP contribution in [0.4, 0.5) is 4.39 Å². The molecule has 0 aliphatic carbocycles. The molecule has 3 rings (SSSR count). The van der Waals surface area contributed by atoms with Gasteiger partial charge in [0.2, 0.25) is 0 Å². The number of hydrogen-bond donors (Lipinski definition) is 0. The molecule has 0 saturated carbocycles. The lowest BCUT2D eigenvalue weighted by molar-refractivity contribution is -0.282. The monoisotopic (exact) mass is 432 g/mol. The fraction of sp³-hybridized carbons (Fsp3) is 0.318. The number of carbonyl (C=O) groups excluding carboxylic acids is 3. The average molecular weight is 432 g/mol. The first kappa shape index (κ1) is 22.4. The summed E-state index contributed by atoms with van der Waals surface area (Å²) in [7, 11) is 1.26. The van der Waals surface area contributed by atoms with Crippen molar-refractivity contribution in [2.24, 2.45) is 0 Å². The summed E-state index contributed by atoms with van der Waals surface area (Å²) in [6, 6.07) is 16.0. The highest BCUT2D eigenvalue weighted by Crippen LogP contribution is 2.30. The van der Waals surface area contributed by atoms with Gasteiger partial charge >= 0.3 is 11.9 Å². The van der Waals surface area contributed by atoms with Crippen LogP contribution in [0.1, 0.15) is 20.7 Å². The summed E-state index contributed by atoms with van der Waals surface area (Å²) >= 11 is 0. The molecule has 1 heterocycles. The van der Waals surface area contributed by atoms with Crippen molar-refractivity contribution in [2.75, 3.05) is 13.7 Å². The Bertz CT molecular complexity index is 876. The standard InChI is InChI=1S/C22H21FO8/c1-27-22-19(31-21(26)15-10-6-3-7-11-15)18(17(23)16(29-22)12-28-13-24)30-20(25)14-8-4-2-5-9-14/h2-11,13,16-19,22H,12H2,1H3. The lowest BCUT2D eigenvalue weighted by atomic mass is 9.99. The molecule has 1 aliphatic heterocycles. The van der Waals surface area contributed by atoms with Crippen LogP contribution >= 0.6 is 0 Å². The first-order chi connectivity index (χ1) is 15.0. The predicted octanol–water partition coefficient (Wildman–Crippen LogP) is 2.32. The molecule has 9 heteroatoms. The van der Waals surface area contributed by atoms with Crippen LogP contribution < -0.4 is 0 Å². The molecular formula is C22H21FO8. The molecule has 164 valence electrons. The predicted molar refractivity (Wildman–Crippen MR) is 104 cm³/mol. The van der Waals surface area contributed by atoms with Gasteiger partial charge in [-0.25, -0.2) is 14.0 Å². The van der Waals surface area contributed by atoms with E-state index in [4.69, 9.17) is 18.9 Å². The molecule has 8 nitrogen and oxygen atoms in total. The first-order valence-corrected chi connectivity index (χ1v) is 9.44. The fourth-order valence-electron chi connectivity index (χ4n) is 3.11. The Morgan fingerprint density at radius 3 is 1.94 bits per heavy atom. The van der Waals surface area contributed by atoms with Crippen LogP contribution in [0.2, 0.25) is 0 Å². The zero-order chi connectivity index (χ0) is 22.2. The minimum atomic E-state index is -1.97. The van der Waals surface area contributed by atoms with Gasteiger partial charge in [0, 0.05) is 7.11 Å². The molecule has 0 amide bonds. The molecule has 2 aromatic rings. The Labute approximate surface area is 177 Å². The Morgan fingerprint density at radius 2 is 1.45 bits per heavy atom. The highest BCUT2D eigenvalue weighted by Gasteiger charge is 2.51. The van der Waals surface area contributed by atoms with Crippen molar-refractivity contribution in [1.82, 2.24) is 0 Å². The van der Waals surface area contributed by atoms with Crippen molar-refractivity contribution in [1.29, 1.82) is 0 Å². The van der Waals surface area contributed by atoms with Gasteiger partial charge in [-0.05, 0) is 24.3 Å². The molecule has 0 radical (unpaired) electrons. The number of rotatable bonds is 8. The molecule has 0 aromatic heterocycles. The molecular weight excluding hydrogens is 411 g/mol. The molecule has 31 heavy (non-hydrogen) atoms. The lowest BCUT2D eigenvalue weighted by Crippen LogP contribution is -2.60. The maximum atomic E-state index is 15.3. The van der Waals surface area contributed by atoms with Gasteiger partial charge in [-0.15, -0.1) is 0 Å². The third-order valence-corrected chi connectivity index (χ3v) is 4.64. The van der Waals surface area contributed by atoms with Gasteiger partial charge in [0.15, 0.2) is 24.7 Å². The van der Waals surface area contributed by atoms with Crippen molar-refractivity contribution < 1.29 is 42.5 Å². The molecule has 5 unspecified atom stereocenters. The largest absolute Gasteiger partial charge is 0.465 e. The van der Waals surface area contributed by atoms with Crippen LogP contribution in [0, 0.1) is 0 Å². The molecule has 0 N–H and O–H groups in total. The van der Waals surface area contributed by atoms with Gasteiger partial charge in [-0.3, -0.25) is 4.79 Å². The van der Waals surface area contributed by atoms with E-state index in [1.807, 2.05) is 0 Å². The van der Waals surface area contributed by atoms with Crippen molar-refractivity contribution in [3.05, 3.63) is 71.8 Å². The number of halogens is 1. The summed E-state index contributed by atoms with van der Waals surface area (Å²) in [5.41, 5.74) is 0.399. The number of esters is 2. The summed E-state index contributed by atoms with van der Waals surface area (Å²) in [6.45, 7) is -0.298. The summed E-state index contributed by atoms with van der Waals surface area (Å²) < 4.78 is 41.4. The normalized spacial score (nSPS) is 25.3. The molecule has 0 bridgehead atoms. The zero-order valence-corrected chi connectivity index (χ0v) is 16.6. The first-order valence-electron chi connectivity index (χ1n) is 9.44. The van der Waals surface area contributed by atoms with Gasteiger partial charge < -0.3 is 23.7 Å². The topological polar surface area (TPSA) is 97.4 Å². The number of alkyl halides is 1. The molecule has 1 aliphatic rings. The van der Waals surface area contributed by atoms with E-state index < -0.39 is 49.3 Å².